The van der Waals surface area contributed by atoms with Crippen molar-refractivity contribution in [3.63, 3.8) is 0 Å². The topological polar surface area (TPSA) is 45.8 Å². The first kappa shape index (κ1) is 12.9. The number of nitrogens with one attached hydrogen (secondary N) is 1. The molecule has 3 rings (SSSR count). The Labute approximate surface area is 121 Å². The van der Waals surface area contributed by atoms with Crippen LogP contribution in [0.2, 0.25) is 5.02 Å². The third-order valence-corrected chi connectivity index (χ3v) is 3.85. The lowest BCUT2D eigenvalue weighted by molar-refractivity contribution is 0.104. The Morgan fingerprint density at radius 3 is 2.75 bits per heavy atom. The maximum absolute atomic E-state index is 12.6. The Hall–Kier alpha value is -2.13. The van der Waals surface area contributed by atoms with Crippen molar-refractivity contribution in [1.29, 1.82) is 0 Å². The number of carbonyl (C=O) groups excluding carboxylic acids is 1. The van der Waals surface area contributed by atoms with Gasteiger partial charge in [-0.15, -0.1) is 0 Å². The number of aryl methyl sites for hydroxylation is 2. The van der Waals surface area contributed by atoms with Crippen molar-refractivity contribution in [1.82, 2.24) is 9.97 Å². The van der Waals surface area contributed by atoms with Crippen molar-refractivity contribution in [2.24, 2.45) is 0 Å². The van der Waals surface area contributed by atoms with E-state index in [-0.39, 0.29) is 5.78 Å². The molecule has 2 heterocycles. The summed E-state index contributed by atoms with van der Waals surface area (Å²) in [5.41, 5.74) is 4.11. The highest BCUT2D eigenvalue weighted by atomic mass is 35.5. The zero-order valence-corrected chi connectivity index (χ0v) is 12.0. The number of benzene rings is 1. The van der Waals surface area contributed by atoms with E-state index in [1.54, 1.807) is 18.5 Å². The van der Waals surface area contributed by atoms with Crippen LogP contribution in [0.3, 0.4) is 0 Å². The minimum absolute atomic E-state index is 0.0470. The zero-order valence-electron chi connectivity index (χ0n) is 11.2. The lowest BCUT2D eigenvalue weighted by Gasteiger charge is -2.04. The third kappa shape index (κ3) is 2.00. The summed E-state index contributed by atoms with van der Waals surface area (Å²) < 4.78 is 0. The summed E-state index contributed by atoms with van der Waals surface area (Å²) in [5.74, 6) is -0.0470. The predicted octanol–water partition coefficient (Wildman–Crippen LogP) is 4.06. The molecule has 0 fully saturated rings. The number of aromatic amines is 1. The van der Waals surface area contributed by atoms with Gasteiger partial charge in [-0.2, -0.15) is 0 Å². The van der Waals surface area contributed by atoms with Gasteiger partial charge in [-0.3, -0.25) is 4.79 Å². The second kappa shape index (κ2) is 4.76. The van der Waals surface area contributed by atoms with E-state index in [1.807, 2.05) is 32.0 Å². The number of carbonyl (C=O) groups is 1. The summed E-state index contributed by atoms with van der Waals surface area (Å²) in [7, 11) is 0. The van der Waals surface area contributed by atoms with Gasteiger partial charge in [-0.1, -0.05) is 23.7 Å². The molecular weight excluding hydrogens is 272 g/mol. The standard InChI is InChI=1S/C16H13ClN2O/c1-9-3-4-11(7-10(9)2)15(20)12-8-19-16-14(12)13(17)5-6-18-16/h3-8H,1-2H3,(H,18,19). The van der Waals surface area contributed by atoms with Crippen LogP contribution < -0.4 is 0 Å². The smallest absolute Gasteiger partial charge is 0.195 e. The molecule has 0 radical (unpaired) electrons. The van der Waals surface area contributed by atoms with Gasteiger partial charge < -0.3 is 4.98 Å². The molecule has 100 valence electrons. The molecule has 0 saturated heterocycles. The molecular formula is C16H13ClN2O. The van der Waals surface area contributed by atoms with Gasteiger partial charge in [-0.05, 0) is 37.1 Å². The van der Waals surface area contributed by atoms with Crippen molar-refractivity contribution < 1.29 is 4.79 Å². The Morgan fingerprint density at radius 1 is 1.20 bits per heavy atom. The van der Waals surface area contributed by atoms with E-state index in [9.17, 15) is 4.79 Å². The van der Waals surface area contributed by atoms with E-state index in [2.05, 4.69) is 9.97 Å². The molecule has 0 bridgehead atoms. The number of rotatable bonds is 2. The minimum Gasteiger partial charge on any atom is -0.345 e. The number of pyridine rings is 1. The first-order valence-electron chi connectivity index (χ1n) is 6.31. The molecule has 2 aromatic heterocycles. The lowest BCUT2D eigenvalue weighted by atomic mass is 9.99. The fourth-order valence-electron chi connectivity index (χ4n) is 2.23. The van der Waals surface area contributed by atoms with Crippen molar-refractivity contribution in [2.75, 3.05) is 0 Å². The number of aromatic nitrogens is 2. The second-order valence-corrected chi connectivity index (χ2v) is 5.25. The second-order valence-electron chi connectivity index (χ2n) is 4.85. The number of hydrogen-bond acceptors (Lipinski definition) is 2. The van der Waals surface area contributed by atoms with Gasteiger partial charge in [0.1, 0.15) is 5.65 Å². The third-order valence-electron chi connectivity index (χ3n) is 3.54. The first-order valence-corrected chi connectivity index (χ1v) is 6.69. The fourth-order valence-corrected chi connectivity index (χ4v) is 2.48. The van der Waals surface area contributed by atoms with Crippen molar-refractivity contribution >= 4 is 28.4 Å². The maximum Gasteiger partial charge on any atom is 0.195 e. The molecule has 3 nitrogen and oxygen atoms in total. The molecule has 0 atom stereocenters. The van der Waals surface area contributed by atoms with Crippen LogP contribution in [-0.2, 0) is 0 Å². The predicted molar refractivity (Wildman–Crippen MR) is 80.5 cm³/mol. The van der Waals surface area contributed by atoms with Crippen LogP contribution in [0.4, 0.5) is 0 Å². The maximum atomic E-state index is 12.6. The fraction of sp³-hybridized carbons (Fsp3) is 0.125. The van der Waals surface area contributed by atoms with Crippen molar-refractivity contribution in [2.45, 2.75) is 13.8 Å². The SMILES string of the molecule is Cc1ccc(C(=O)c2c[nH]c3nccc(Cl)c23)cc1C. The van der Waals surface area contributed by atoms with Gasteiger partial charge in [0.2, 0.25) is 0 Å². The van der Waals surface area contributed by atoms with Gasteiger partial charge in [0.15, 0.2) is 5.78 Å². The van der Waals surface area contributed by atoms with E-state index >= 15 is 0 Å². The monoisotopic (exact) mass is 284 g/mol. The van der Waals surface area contributed by atoms with Gasteiger partial charge in [0.25, 0.3) is 0 Å². The Balaban J connectivity index is 2.15. The van der Waals surface area contributed by atoms with Crippen LogP contribution in [0.1, 0.15) is 27.0 Å². The van der Waals surface area contributed by atoms with Crippen LogP contribution in [0.15, 0.2) is 36.7 Å². The van der Waals surface area contributed by atoms with Crippen LogP contribution in [0.5, 0.6) is 0 Å². The molecule has 0 saturated carbocycles. The number of ketones is 1. The number of hydrogen-bond donors (Lipinski definition) is 1. The molecule has 0 amide bonds. The van der Waals surface area contributed by atoms with Gasteiger partial charge >= 0.3 is 0 Å². The van der Waals surface area contributed by atoms with Gasteiger partial charge in [-0.25, -0.2) is 4.98 Å². The molecule has 1 N–H and O–H groups in total. The number of fused-ring (bicyclic) bond motifs is 1. The highest BCUT2D eigenvalue weighted by molar-refractivity contribution is 6.37. The average molecular weight is 285 g/mol. The summed E-state index contributed by atoms with van der Waals surface area (Å²) in [5, 5.41) is 1.21. The molecule has 20 heavy (non-hydrogen) atoms. The molecule has 0 spiro atoms. The van der Waals surface area contributed by atoms with Crippen LogP contribution in [-0.4, -0.2) is 15.8 Å². The molecule has 3 aromatic rings. The molecule has 1 aromatic carbocycles. The highest BCUT2D eigenvalue weighted by Crippen LogP contribution is 2.27. The molecule has 0 aliphatic rings. The number of H-pyrrole nitrogens is 1. The van der Waals surface area contributed by atoms with E-state index < -0.39 is 0 Å². The summed E-state index contributed by atoms with van der Waals surface area (Å²) in [6, 6.07) is 7.39. The number of nitrogens with zero attached hydrogens (tertiary/aromatic N) is 1. The molecule has 0 aliphatic carbocycles. The highest BCUT2D eigenvalue weighted by Gasteiger charge is 2.17. The van der Waals surface area contributed by atoms with Gasteiger partial charge in [0, 0.05) is 23.3 Å². The number of halogens is 1. The Morgan fingerprint density at radius 2 is 2.00 bits per heavy atom. The van der Waals surface area contributed by atoms with Crippen molar-refractivity contribution in [3.05, 3.63) is 63.9 Å². The van der Waals surface area contributed by atoms with Crippen LogP contribution in [0, 0.1) is 13.8 Å². The van der Waals surface area contributed by atoms with Gasteiger partial charge in [0.05, 0.1) is 10.6 Å². The Kier molecular flexibility index (Phi) is 3.07. The summed E-state index contributed by atoms with van der Waals surface area (Å²) in [6.07, 6.45) is 3.28. The average Bonchev–Trinajstić information content (AvgIpc) is 2.86. The van der Waals surface area contributed by atoms with E-state index in [0.717, 1.165) is 5.56 Å². The van der Waals surface area contributed by atoms with E-state index in [1.165, 1.54) is 5.56 Å². The van der Waals surface area contributed by atoms with Crippen LogP contribution in [0.25, 0.3) is 11.0 Å². The van der Waals surface area contributed by atoms with Crippen LogP contribution >= 0.6 is 11.6 Å². The minimum atomic E-state index is -0.0470. The summed E-state index contributed by atoms with van der Waals surface area (Å²) in [4.78, 5) is 19.8. The van der Waals surface area contributed by atoms with E-state index in [0.29, 0.717) is 27.2 Å². The molecule has 4 heteroatoms. The lowest BCUT2D eigenvalue weighted by Crippen LogP contribution is -2.01. The first-order chi connectivity index (χ1) is 9.58. The molecule has 0 aliphatic heterocycles. The largest absolute Gasteiger partial charge is 0.345 e. The molecule has 0 unspecified atom stereocenters. The van der Waals surface area contributed by atoms with E-state index in [4.69, 9.17) is 11.6 Å². The summed E-state index contributed by atoms with van der Waals surface area (Å²) in [6.45, 7) is 4.02. The normalized spacial score (nSPS) is 10.9. The van der Waals surface area contributed by atoms with Crippen molar-refractivity contribution in [3.8, 4) is 0 Å². The zero-order chi connectivity index (χ0) is 14.3. The summed E-state index contributed by atoms with van der Waals surface area (Å²) >= 11 is 6.18. The Bertz CT molecular complexity index is 820. The quantitative estimate of drug-likeness (QED) is 0.721.